The molecule has 0 aromatic heterocycles. The molecule has 2 N–H and O–H groups in total. The Morgan fingerprint density at radius 3 is 2.78 bits per heavy atom. The number of hydrogen-bond acceptors (Lipinski definition) is 7. The summed E-state index contributed by atoms with van der Waals surface area (Å²) in [6, 6.07) is 7.14. The van der Waals surface area contributed by atoms with Crippen LogP contribution in [0.4, 0.5) is 11.4 Å². The van der Waals surface area contributed by atoms with Gasteiger partial charge in [0.2, 0.25) is 22.7 Å². The van der Waals surface area contributed by atoms with Gasteiger partial charge in [-0.1, -0.05) is 0 Å². The van der Waals surface area contributed by atoms with Crippen LogP contribution in [-0.4, -0.2) is 50.5 Å². The SMILES string of the molecule is Cc1cc2c(cc1S(=O)(=O)N1CCCC1C(=O)Nc1ccc3c(c1)OCO3)OCC(=O)N2. The van der Waals surface area contributed by atoms with Crippen LogP contribution in [0.5, 0.6) is 17.2 Å². The van der Waals surface area contributed by atoms with Crippen molar-refractivity contribution in [3.8, 4) is 17.2 Å². The Bertz CT molecular complexity index is 1230. The number of ether oxygens (including phenoxy) is 3. The quantitative estimate of drug-likeness (QED) is 0.715. The highest BCUT2D eigenvalue weighted by Crippen LogP contribution is 2.37. The molecule has 1 fully saturated rings. The Labute approximate surface area is 184 Å². The number of aryl methyl sites for hydroxylation is 1. The summed E-state index contributed by atoms with van der Waals surface area (Å²) in [5.74, 6) is 0.690. The molecule has 1 unspecified atom stereocenters. The first-order valence-electron chi connectivity index (χ1n) is 10.1. The fourth-order valence-corrected chi connectivity index (χ4v) is 5.99. The van der Waals surface area contributed by atoms with Crippen LogP contribution in [-0.2, 0) is 19.6 Å². The molecule has 3 aliphatic rings. The molecule has 0 radical (unpaired) electrons. The van der Waals surface area contributed by atoms with Crippen molar-refractivity contribution in [2.45, 2.75) is 30.7 Å². The summed E-state index contributed by atoms with van der Waals surface area (Å²) in [5.41, 5.74) is 1.38. The van der Waals surface area contributed by atoms with Gasteiger partial charge in [-0.25, -0.2) is 8.42 Å². The Morgan fingerprint density at radius 2 is 1.94 bits per heavy atom. The third-order valence-corrected chi connectivity index (χ3v) is 7.69. The first kappa shape index (κ1) is 20.6. The first-order chi connectivity index (χ1) is 15.3. The van der Waals surface area contributed by atoms with Gasteiger partial charge in [0.1, 0.15) is 11.8 Å². The Kier molecular flexibility index (Phi) is 4.94. The number of benzene rings is 2. The van der Waals surface area contributed by atoms with Crippen molar-refractivity contribution in [3.05, 3.63) is 35.9 Å². The molecule has 168 valence electrons. The molecule has 1 saturated heterocycles. The Hall–Kier alpha value is -3.31. The minimum atomic E-state index is -3.98. The normalized spacial score (nSPS) is 19.8. The molecular formula is C21H21N3O7S. The summed E-state index contributed by atoms with van der Waals surface area (Å²) in [7, 11) is -3.98. The largest absolute Gasteiger partial charge is 0.482 e. The Balaban J connectivity index is 1.40. The number of carbonyl (C=O) groups excluding carboxylic acids is 2. The van der Waals surface area contributed by atoms with Crippen molar-refractivity contribution < 1.29 is 32.2 Å². The predicted molar refractivity (Wildman–Crippen MR) is 113 cm³/mol. The fraction of sp³-hybridized carbons (Fsp3) is 0.333. The molecule has 2 amide bonds. The van der Waals surface area contributed by atoms with Crippen LogP contribution < -0.4 is 24.8 Å². The van der Waals surface area contributed by atoms with Crippen LogP contribution in [0.2, 0.25) is 0 Å². The van der Waals surface area contributed by atoms with Gasteiger partial charge in [-0.3, -0.25) is 9.59 Å². The summed E-state index contributed by atoms with van der Waals surface area (Å²) < 4.78 is 44.2. The third-order valence-electron chi connectivity index (χ3n) is 5.64. The minimum Gasteiger partial charge on any atom is -0.482 e. The zero-order chi connectivity index (χ0) is 22.5. The van der Waals surface area contributed by atoms with E-state index in [0.717, 1.165) is 0 Å². The van der Waals surface area contributed by atoms with E-state index in [1.807, 2.05) is 0 Å². The van der Waals surface area contributed by atoms with Gasteiger partial charge in [0.05, 0.1) is 10.6 Å². The molecule has 2 aromatic carbocycles. The number of nitrogens with one attached hydrogen (secondary N) is 2. The van der Waals surface area contributed by atoms with E-state index >= 15 is 0 Å². The fourth-order valence-electron chi connectivity index (χ4n) is 4.11. The van der Waals surface area contributed by atoms with Crippen molar-refractivity contribution >= 4 is 33.2 Å². The molecule has 3 heterocycles. The lowest BCUT2D eigenvalue weighted by molar-refractivity contribution is -0.119. The molecule has 11 heteroatoms. The average molecular weight is 459 g/mol. The molecular weight excluding hydrogens is 438 g/mol. The topological polar surface area (TPSA) is 123 Å². The minimum absolute atomic E-state index is 0.0511. The molecule has 10 nitrogen and oxygen atoms in total. The van der Waals surface area contributed by atoms with Crippen LogP contribution in [0.3, 0.4) is 0 Å². The second-order valence-corrected chi connectivity index (χ2v) is 9.64. The molecule has 5 rings (SSSR count). The predicted octanol–water partition coefficient (Wildman–Crippen LogP) is 1.85. The van der Waals surface area contributed by atoms with Gasteiger partial charge in [-0.2, -0.15) is 4.31 Å². The van der Waals surface area contributed by atoms with Gasteiger partial charge in [-0.05, 0) is 43.5 Å². The van der Waals surface area contributed by atoms with Crippen LogP contribution in [0.25, 0.3) is 0 Å². The molecule has 0 saturated carbocycles. The van der Waals surface area contributed by atoms with Gasteiger partial charge in [-0.15, -0.1) is 0 Å². The van der Waals surface area contributed by atoms with Crippen LogP contribution in [0.1, 0.15) is 18.4 Å². The van der Waals surface area contributed by atoms with Crippen LogP contribution in [0, 0.1) is 6.92 Å². The van der Waals surface area contributed by atoms with Crippen molar-refractivity contribution in [2.24, 2.45) is 0 Å². The third kappa shape index (κ3) is 3.53. The molecule has 2 aromatic rings. The number of hydrogen-bond donors (Lipinski definition) is 2. The standard InChI is InChI=1S/C21H21N3O7S/c1-12-7-14-17(29-10-20(25)23-14)9-19(12)32(27,28)24-6-2-3-15(24)21(26)22-13-4-5-16-18(8-13)31-11-30-16/h4-5,7-9,15H,2-3,6,10-11H2,1H3,(H,22,26)(H,23,25). The van der Waals surface area contributed by atoms with Crippen molar-refractivity contribution in [2.75, 3.05) is 30.6 Å². The average Bonchev–Trinajstić information content (AvgIpc) is 3.42. The van der Waals surface area contributed by atoms with Crippen LogP contribution in [0.15, 0.2) is 35.2 Å². The second kappa shape index (κ2) is 7.68. The zero-order valence-electron chi connectivity index (χ0n) is 17.2. The lowest BCUT2D eigenvalue weighted by Gasteiger charge is -2.26. The summed E-state index contributed by atoms with van der Waals surface area (Å²) in [6.07, 6.45) is 0.973. The maximum absolute atomic E-state index is 13.5. The highest BCUT2D eigenvalue weighted by molar-refractivity contribution is 7.89. The lowest BCUT2D eigenvalue weighted by atomic mass is 10.2. The van der Waals surface area contributed by atoms with Gasteiger partial charge in [0.15, 0.2) is 18.1 Å². The number of nitrogens with zero attached hydrogens (tertiary/aromatic N) is 1. The number of amides is 2. The van der Waals surface area contributed by atoms with E-state index in [2.05, 4.69) is 10.6 Å². The number of fused-ring (bicyclic) bond motifs is 2. The van der Waals surface area contributed by atoms with Crippen molar-refractivity contribution in [1.82, 2.24) is 4.31 Å². The number of sulfonamides is 1. The van der Waals surface area contributed by atoms with E-state index < -0.39 is 22.0 Å². The lowest BCUT2D eigenvalue weighted by Crippen LogP contribution is -2.43. The summed E-state index contributed by atoms with van der Waals surface area (Å²) in [4.78, 5) is 24.6. The highest BCUT2D eigenvalue weighted by atomic mass is 32.2. The highest BCUT2D eigenvalue weighted by Gasteiger charge is 2.40. The van der Waals surface area contributed by atoms with E-state index in [4.69, 9.17) is 14.2 Å². The molecule has 1 atom stereocenters. The molecule has 0 spiro atoms. The Morgan fingerprint density at radius 1 is 1.12 bits per heavy atom. The maximum atomic E-state index is 13.5. The van der Waals surface area contributed by atoms with Gasteiger partial charge in [0, 0.05) is 24.4 Å². The first-order valence-corrected chi connectivity index (χ1v) is 11.6. The summed E-state index contributed by atoms with van der Waals surface area (Å²) in [6.45, 7) is 1.82. The number of anilines is 2. The maximum Gasteiger partial charge on any atom is 0.262 e. The van der Waals surface area contributed by atoms with E-state index in [1.165, 1.54) is 10.4 Å². The number of rotatable bonds is 4. The van der Waals surface area contributed by atoms with E-state index in [-0.39, 0.29) is 36.5 Å². The zero-order valence-corrected chi connectivity index (χ0v) is 18.0. The second-order valence-electron chi connectivity index (χ2n) is 7.78. The molecule has 0 aliphatic carbocycles. The van der Waals surface area contributed by atoms with Crippen molar-refractivity contribution in [3.63, 3.8) is 0 Å². The van der Waals surface area contributed by atoms with E-state index in [0.29, 0.717) is 41.3 Å². The smallest absolute Gasteiger partial charge is 0.262 e. The summed E-state index contributed by atoms with van der Waals surface area (Å²) >= 11 is 0. The molecule has 0 bridgehead atoms. The molecule has 32 heavy (non-hydrogen) atoms. The van der Waals surface area contributed by atoms with E-state index in [9.17, 15) is 18.0 Å². The van der Waals surface area contributed by atoms with Gasteiger partial charge in [0.25, 0.3) is 5.91 Å². The van der Waals surface area contributed by atoms with E-state index in [1.54, 1.807) is 31.2 Å². The molecule has 3 aliphatic heterocycles. The van der Waals surface area contributed by atoms with Gasteiger partial charge >= 0.3 is 0 Å². The summed E-state index contributed by atoms with van der Waals surface area (Å²) in [5, 5.41) is 5.45. The van der Waals surface area contributed by atoms with Gasteiger partial charge < -0.3 is 24.8 Å². The number of carbonyl (C=O) groups is 2. The monoisotopic (exact) mass is 459 g/mol. The van der Waals surface area contributed by atoms with Crippen molar-refractivity contribution in [1.29, 1.82) is 0 Å². The van der Waals surface area contributed by atoms with Crippen LogP contribution >= 0.6 is 0 Å².